The lowest BCUT2D eigenvalue weighted by Crippen LogP contribution is -1.92. The molecule has 0 unspecified atom stereocenters. The summed E-state index contributed by atoms with van der Waals surface area (Å²) in [6.45, 7) is 2.17. The van der Waals surface area contributed by atoms with E-state index in [0.717, 1.165) is 24.2 Å². The third-order valence-corrected chi connectivity index (χ3v) is 1.98. The summed E-state index contributed by atoms with van der Waals surface area (Å²) in [5.41, 5.74) is 2.52. The minimum absolute atomic E-state index is 0.695. The number of aryl methyl sites for hydroxylation is 1. The molecule has 4 heteroatoms. The van der Waals surface area contributed by atoms with Crippen LogP contribution in [0.3, 0.4) is 0 Å². The molecule has 0 amide bonds. The van der Waals surface area contributed by atoms with Gasteiger partial charge < -0.3 is 4.98 Å². The molecule has 2 heterocycles. The van der Waals surface area contributed by atoms with Gasteiger partial charge in [-0.05, 0) is 12.8 Å². The van der Waals surface area contributed by atoms with Gasteiger partial charge in [0.15, 0.2) is 11.3 Å². The molecular weight excluding hydrogens is 164 g/mol. The Morgan fingerprint density at radius 2 is 2.31 bits per heavy atom. The van der Waals surface area contributed by atoms with Crippen molar-refractivity contribution in [1.29, 1.82) is 0 Å². The second-order valence-corrected chi connectivity index (χ2v) is 3.04. The van der Waals surface area contributed by atoms with E-state index in [4.69, 9.17) is 0 Å². The van der Waals surface area contributed by atoms with E-state index in [2.05, 4.69) is 26.9 Å². The van der Waals surface area contributed by atoms with E-state index in [1.165, 1.54) is 6.42 Å². The summed E-state index contributed by atoms with van der Waals surface area (Å²) < 4.78 is 0. The van der Waals surface area contributed by atoms with Crippen molar-refractivity contribution >= 4 is 11.3 Å². The van der Waals surface area contributed by atoms with Crippen LogP contribution in [0, 0.1) is 0 Å². The van der Waals surface area contributed by atoms with Crippen LogP contribution in [0.2, 0.25) is 0 Å². The van der Waals surface area contributed by atoms with Gasteiger partial charge in [0.2, 0.25) is 0 Å². The highest BCUT2D eigenvalue weighted by Gasteiger charge is 2.00. The number of rotatable bonds is 3. The summed E-state index contributed by atoms with van der Waals surface area (Å²) in [6.07, 6.45) is 6.77. The molecule has 0 fully saturated rings. The number of aromatic amines is 1. The minimum atomic E-state index is 0.695. The monoisotopic (exact) mass is 176 g/mol. The number of nitrogens with one attached hydrogen (secondary N) is 1. The van der Waals surface area contributed by atoms with E-state index in [1.807, 2.05) is 0 Å². The van der Waals surface area contributed by atoms with Crippen LogP contribution in [0.1, 0.15) is 25.5 Å². The maximum Gasteiger partial charge on any atom is 0.197 e. The Kier molecular flexibility index (Phi) is 2.21. The normalized spacial score (nSPS) is 10.8. The molecule has 0 aliphatic carbocycles. The molecule has 0 radical (unpaired) electrons. The van der Waals surface area contributed by atoms with Gasteiger partial charge in [0, 0.05) is 0 Å². The molecule has 0 atom stereocenters. The van der Waals surface area contributed by atoms with Gasteiger partial charge in [-0.2, -0.15) is 0 Å². The second kappa shape index (κ2) is 3.51. The van der Waals surface area contributed by atoms with E-state index in [9.17, 15) is 0 Å². The molecule has 0 saturated carbocycles. The Balaban J connectivity index is 2.26. The van der Waals surface area contributed by atoms with E-state index >= 15 is 0 Å². The van der Waals surface area contributed by atoms with Crippen LogP contribution >= 0.6 is 0 Å². The van der Waals surface area contributed by atoms with Crippen molar-refractivity contribution < 1.29 is 0 Å². The van der Waals surface area contributed by atoms with Gasteiger partial charge in [-0.1, -0.05) is 13.3 Å². The molecule has 68 valence electrons. The Labute approximate surface area is 76.4 Å². The summed E-state index contributed by atoms with van der Waals surface area (Å²) in [5, 5.41) is 0. The van der Waals surface area contributed by atoms with Crippen molar-refractivity contribution in [3.05, 3.63) is 18.2 Å². The van der Waals surface area contributed by atoms with Gasteiger partial charge in [-0.25, -0.2) is 15.0 Å². The number of imidazole rings is 1. The van der Waals surface area contributed by atoms with E-state index in [0.29, 0.717) is 5.65 Å². The van der Waals surface area contributed by atoms with Crippen LogP contribution < -0.4 is 0 Å². The topological polar surface area (TPSA) is 54.5 Å². The van der Waals surface area contributed by atoms with E-state index in [-0.39, 0.29) is 0 Å². The first-order valence-corrected chi connectivity index (χ1v) is 4.55. The fraction of sp³-hybridized carbons (Fsp3) is 0.444. The van der Waals surface area contributed by atoms with Crippen LogP contribution in [0.15, 0.2) is 12.5 Å². The van der Waals surface area contributed by atoms with Gasteiger partial charge in [0.05, 0.1) is 18.2 Å². The number of aromatic nitrogens is 4. The van der Waals surface area contributed by atoms with Gasteiger partial charge >= 0.3 is 0 Å². The first-order valence-electron chi connectivity index (χ1n) is 4.55. The summed E-state index contributed by atoms with van der Waals surface area (Å²) in [5.74, 6) is 0. The first kappa shape index (κ1) is 8.16. The molecule has 4 nitrogen and oxygen atoms in total. The first-order chi connectivity index (χ1) is 6.40. The predicted octanol–water partition coefficient (Wildman–Crippen LogP) is 1.70. The molecule has 0 aliphatic rings. The lowest BCUT2D eigenvalue weighted by molar-refractivity contribution is 0.775. The zero-order valence-electron chi connectivity index (χ0n) is 7.62. The zero-order valence-corrected chi connectivity index (χ0v) is 7.62. The highest BCUT2D eigenvalue weighted by atomic mass is 15.0. The fourth-order valence-electron chi connectivity index (χ4n) is 1.24. The molecule has 2 aromatic heterocycles. The molecule has 13 heavy (non-hydrogen) atoms. The number of hydrogen-bond donors (Lipinski definition) is 1. The number of fused-ring (bicyclic) bond motifs is 1. The van der Waals surface area contributed by atoms with Crippen molar-refractivity contribution in [2.24, 2.45) is 0 Å². The highest BCUT2D eigenvalue weighted by Crippen LogP contribution is 2.05. The van der Waals surface area contributed by atoms with Gasteiger partial charge in [0.25, 0.3) is 0 Å². The Hall–Kier alpha value is -1.45. The number of unbranched alkanes of at least 4 members (excludes halogenated alkanes) is 1. The molecule has 2 rings (SSSR count). The maximum atomic E-state index is 4.39. The summed E-state index contributed by atoms with van der Waals surface area (Å²) in [7, 11) is 0. The standard InChI is InChI=1S/C9H12N4/c1-2-3-4-7-5-10-8-9(13-7)12-6-11-8/h5-6H,2-4H2,1H3,(H,10,11,12,13). The summed E-state index contributed by atoms with van der Waals surface area (Å²) in [6, 6.07) is 0. The third-order valence-electron chi connectivity index (χ3n) is 1.98. The largest absolute Gasteiger partial charge is 0.328 e. The van der Waals surface area contributed by atoms with Gasteiger partial charge in [-0.15, -0.1) is 0 Å². The number of H-pyrrole nitrogens is 1. The summed E-state index contributed by atoms with van der Waals surface area (Å²) >= 11 is 0. The van der Waals surface area contributed by atoms with Crippen molar-refractivity contribution in [2.75, 3.05) is 0 Å². The van der Waals surface area contributed by atoms with Crippen molar-refractivity contribution in [1.82, 2.24) is 19.9 Å². The van der Waals surface area contributed by atoms with Crippen molar-refractivity contribution in [3.63, 3.8) is 0 Å². The fourth-order valence-corrected chi connectivity index (χ4v) is 1.24. The Bertz CT molecular complexity index is 393. The van der Waals surface area contributed by atoms with Crippen molar-refractivity contribution in [3.8, 4) is 0 Å². The van der Waals surface area contributed by atoms with Crippen LogP contribution in [-0.2, 0) is 6.42 Å². The summed E-state index contributed by atoms with van der Waals surface area (Å²) in [4.78, 5) is 15.5. The number of hydrogen-bond acceptors (Lipinski definition) is 3. The SMILES string of the molecule is CCCCc1cnc2nc[nH]c2n1. The molecule has 1 N–H and O–H groups in total. The lowest BCUT2D eigenvalue weighted by Gasteiger charge is -1.96. The van der Waals surface area contributed by atoms with Crippen LogP contribution in [-0.4, -0.2) is 19.9 Å². The Morgan fingerprint density at radius 1 is 1.38 bits per heavy atom. The molecule has 0 aliphatic heterocycles. The zero-order chi connectivity index (χ0) is 9.10. The molecule has 0 saturated heterocycles. The molecule has 0 spiro atoms. The Morgan fingerprint density at radius 3 is 3.15 bits per heavy atom. The predicted molar refractivity (Wildman–Crippen MR) is 50.3 cm³/mol. The lowest BCUT2D eigenvalue weighted by atomic mass is 10.2. The van der Waals surface area contributed by atoms with E-state index < -0.39 is 0 Å². The molecular formula is C9H12N4. The second-order valence-electron chi connectivity index (χ2n) is 3.04. The van der Waals surface area contributed by atoms with Crippen LogP contribution in [0.5, 0.6) is 0 Å². The highest BCUT2D eigenvalue weighted by molar-refractivity contribution is 5.63. The van der Waals surface area contributed by atoms with Crippen molar-refractivity contribution in [2.45, 2.75) is 26.2 Å². The quantitative estimate of drug-likeness (QED) is 0.774. The van der Waals surface area contributed by atoms with E-state index in [1.54, 1.807) is 12.5 Å². The smallest absolute Gasteiger partial charge is 0.197 e. The van der Waals surface area contributed by atoms with Gasteiger partial charge in [0.1, 0.15) is 0 Å². The third kappa shape index (κ3) is 1.66. The van der Waals surface area contributed by atoms with Crippen LogP contribution in [0.25, 0.3) is 11.3 Å². The minimum Gasteiger partial charge on any atom is -0.328 e. The molecule has 0 aromatic carbocycles. The molecule has 0 bridgehead atoms. The average Bonchev–Trinajstić information content (AvgIpc) is 2.61. The van der Waals surface area contributed by atoms with Crippen LogP contribution in [0.4, 0.5) is 0 Å². The number of nitrogens with zero attached hydrogens (tertiary/aromatic N) is 3. The average molecular weight is 176 g/mol. The van der Waals surface area contributed by atoms with Gasteiger partial charge in [-0.3, -0.25) is 0 Å². The maximum absolute atomic E-state index is 4.39. The molecule has 2 aromatic rings.